The van der Waals surface area contributed by atoms with Crippen molar-refractivity contribution in [1.29, 1.82) is 0 Å². The van der Waals surface area contributed by atoms with Gasteiger partial charge in [0.15, 0.2) is 0 Å². The van der Waals surface area contributed by atoms with Gasteiger partial charge in [0.25, 0.3) is 0 Å². The summed E-state index contributed by atoms with van der Waals surface area (Å²) >= 11 is 1.85. The predicted molar refractivity (Wildman–Crippen MR) is 204 cm³/mol. The van der Waals surface area contributed by atoms with Gasteiger partial charge in [-0.2, -0.15) is 0 Å². The SMILES string of the molecule is c1ccc(-c2ccc(N(c3cccc(-n4c5ccccc5c5c6ccccc6oc54)c3)c3cccc4c3sc3ccccc34)cc2)cc1. The second-order valence-electron chi connectivity index (χ2n) is 12.2. The second-order valence-corrected chi connectivity index (χ2v) is 13.2. The summed E-state index contributed by atoms with van der Waals surface area (Å²) in [6.07, 6.45) is 0. The fourth-order valence-electron chi connectivity index (χ4n) is 7.24. The number of aromatic nitrogens is 1. The van der Waals surface area contributed by atoms with E-state index in [0.29, 0.717) is 0 Å². The summed E-state index contributed by atoms with van der Waals surface area (Å²) in [5.74, 6) is 0. The Labute approximate surface area is 281 Å². The third kappa shape index (κ3) is 4.13. The van der Waals surface area contributed by atoms with Crippen molar-refractivity contribution < 1.29 is 4.42 Å². The molecule has 10 rings (SSSR count). The minimum Gasteiger partial charge on any atom is -0.439 e. The van der Waals surface area contributed by atoms with Crippen LogP contribution in [0.2, 0.25) is 0 Å². The molecule has 7 aromatic carbocycles. The zero-order chi connectivity index (χ0) is 31.6. The Bertz CT molecular complexity index is 2790. The Balaban J connectivity index is 1.21. The lowest BCUT2D eigenvalue weighted by Crippen LogP contribution is -2.10. The number of hydrogen-bond acceptors (Lipinski definition) is 3. The summed E-state index contributed by atoms with van der Waals surface area (Å²) in [6.45, 7) is 0. The molecule has 0 amide bonds. The zero-order valence-corrected chi connectivity index (χ0v) is 26.7. The van der Waals surface area contributed by atoms with E-state index in [1.165, 1.54) is 36.7 Å². The molecule has 0 saturated heterocycles. The van der Waals surface area contributed by atoms with E-state index >= 15 is 0 Å². The van der Waals surface area contributed by atoms with Crippen molar-refractivity contribution in [3.05, 3.63) is 170 Å². The smallest absolute Gasteiger partial charge is 0.213 e. The third-order valence-electron chi connectivity index (χ3n) is 9.40. The van der Waals surface area contributed by atoms with E-state index in [4.69, 9.17) is 4.42 Å². The number of benzene rings is 7. The highest BCUT2D eigenvalue weighted by Gasteiger charge is 2.22. The van der Waals surface area contributed by atoms with E-state index < -0.39 is 0 Å². The number of anilines is 3. The summed E-state index contributed by atoms with van der Waals surface area (Å²) in [7, 11) is 0. The van der Waals surface area contributed by atoms with Gasteiger partial charge in [-0.3, -0.25) is 4.57 Å². The van der Waals surface area contributed by atoms with Crippen LogP contribution in [0.5, 0.6) is 0 Å². The molecule has 10 aromatic rings. The lowest BCUT2D eigenvalue weighted by Gasteiger charge is -2.27. The van der Waals surface area contributed by atoms with Crippen molar-refractivity contribution in [3.63, 3.8) is 0 Å². The van der Waals surface area contributed by atoms with Crippen LogP contribution in [0.4, 0.5) is 17.1 Å². The Morgan fingerprint density at radius 1 is 0.500 bits per heavy atom. The van der Waals surface area contributed by atoms with Gasteiger partial charge < -0.3 is 9.32 Å². The van der Waals surface area contributed by atoms with Crippen LogP contribution in [0.25, 0.3) is 70.0 Å². The molecule has 0 spiro atoms. The largest absolute Gasteiger partial charge is 0.439 e. The molecule has 0 aliphatic heterocycles. The number of thiophene rings is 1. The quantitative estimate of drug-likeness (QED) is 0.188. The first-order valence-electron chi connectivity index (χ1n) is 16.2. The molecule has 3 aromatic heterocycles. The van der Waals surface area contributed by atoms with E-state index in [1.54, 1.807) is 0 Å². The Hall–Kier alpha value is -6.10. The highest BCUT2D eigenvalue weighted by molar-refractivity contribution is 7.26. The zero-order valence-electron chi connectivity index (χ0n) is 25.9. The average molecular weight is 633 g/mol. The minimum atomic E-state index is 0.861. The average Bonchev–Trinajstić information content (AvgIpc) is 3.82. The summed E-state index contributed by atoms with van der Waals surface area (Å²) < 4.78 is 11.4. The Morgan fingerprint density at radius 2 is 1.19 bits per heavy atom. The third-order valence-corrected chi connectivity index (χ3v) is 10.6. The molecule has 48 heavy (non-hydrogen) atoms. The standard InChI is InChI=1S/C44H28N2OS/c1-2-12-29(13-3-1)30-24-26-31(27-25-30)45(39-21-11-19-35-34-16-6-9-23-41(34)48-43(35)39)32-14-10-15-33(28-32)46-38-20-7-4-17-36(38)42-37-18-5-8-22-40(37)47-44(42)46/h1-28H. The number of fused-ring (bicyclic) bond motifs is 8. The van der Waals surface area contributed by atoms with Gasteiger partial charge in [0, 0.05) is 37.6 Å². The fourth-order valence-corrected chi connectivity index (χ4v) is 8.44. The van der Waals surface area contributed by atoms with Gasteiger partial charge in [-0.1, -0.05) is 115 Å². The number of para-hydroxylation sites is 2. The Morgan fingerprint density at radius 3 is 2.06 bits per heavy atom. The van der Waals surface area contributed by atoms with Gasteiger partial charge in [0.05, 0.1) is 27.0 Å². The topological polar surface area (TPSA) is 21.3 Å². The molecule has 0 aliphatic carbocycles. The van der Waals surface area contributed by atoms with Crippen LogP contribution < -0.4 is 4.90 Å². The van der Waals surface area contributed by atoms with Crippen molar-refractivity contribution in [2.24, 2.45) is 0 Å². The molecule has 226 valence electrons. The van der Waals surface area contributed by atoms with Crippen molar-refractivity contribution in [1.82, 2.24) is 4.57 Å². The van der Waals surface area contributed by atoms with E-state index in [-0.39, 0.29) is 0 Å². The van der Waals surface area contributed by atoms with Crippen LogP contribution in [0.3, 0.4) is 0 Å². The molecular weight excluding hydrogens is 605 g/mol. The normalized spacial score (nSPS) is 11.8. The first-order valence-corrected chi connectivity index (χ1v) is 17.0. The van der Waals surface area contributed by atoms with Crippen molar-refractivity contribution in [2.75, 3.05) is 4.90 Å². The molecule has 0 atom stereocenters. The lowest BCUT2D eigenvalue weighted by atomic mass is 10.0. The highest BCUT2D eigenvalue weighted by Crippen LogP contribution is 2.46. The highest BCUT2D eigenvalue weighted by atomic mass is 32.1. The fraction of sp³-hybridized carbons (Fsp3) is 0. The summed E-state index contributed by atoms with van der Waals surface area (Å²) in [5, 5.41) is 6.03. The van der Waals surface area contributed by atoms with E-state index in [9.17, 15) is 0 Å². The molecule has 0 bridgehead atoms. The summed E-state index contributed by atoms with van der Waals surface area (Å²) in [4.78, 5) is 2.40. The predicted octanol–water partition coefficient (Wildman–Crippen LogP) is 13.0. The van der Waals surface area contributed by atoms with Crippen molar-refractivity contribution >= 4 is 81.5 Å². The molecular formula is C44H28N2OS. The molecule has 0 N–H and O–H groups in total. The molecule has 0 fully saturated rings. The van der Waals surface area contributed by atoms with E-state index in [1.807, 2.05) is 17.4 Å². The maximum absolute atomic E-state index is 6.59. The van der Waals surface area contributed by atoms with Crippen LogP contribution in [0, 0.1) is 0 Å². The van der Waals surface area contributed by atoms with Crippen molar-refractivity contribution in [2.45, 2.75) is 0 Å². The van der Waals surface area contributed by atoms with Gasteiger partial charge in [0.2, 0.25) is 5.71 Å². The maximum Gasteiger partial charge on any atom is 0.213 e. The molecule has 3 heterocycles. The second kappa shape index (κ2) is 10.7. The summed E-state index contributed by atoms with van der Waals surface area (Å²) in [5.41, 5.74) is 9.67. The van der Waals surface area contributed by atoms with E-state index in [2.05, 4.69) is 173 Å². The molecule has 0 saturated carbocycles. The van der Waals surface area contributed by atoms with Crippen LogP contribution in [-0.4, -0.2) is 4.57 Å². The first-order chi connectivity index (χ1) is 23.8. The molecule has 0 unspecified atom stereocenters. The molecule has 3 nitrogen and oxygen atoms in total. The van der Waals surface area contributed by atoms with Crippen LogP contribution in [0.1, 0.15) is 0 Å². The van der Waals surface area contributed by atoms with Crippen LogP contribution in [-0.2, 0) is 0 Å². The lowest BCUT2D eigenvalue weighted by molar-refractivity contribution is 0.645. The number of nitrogens with zero attached hydrogens (tertiary/aromatic N) is 2. The van der Waals surface area contributed by atoms with Crippen molar-refractivity contribution in [3.8, 4) is 16.8 Å². The number of furan rings is 1. The Kier molecular flexibility index (Phi) is 6.05. The molecule has 4 heteroatoms. The molecule has 0 radical (unpaired) electrons. The van der Waals surface area contributed by atoms with Crippen LogP contribution in [0.15, 0.2) is 174 Å². The van der Waals surface area contributed by atoms with Crippen LogP contribution >= 0.6 is 11.3 Å². The minimum absolute atomic E-state index is 0.861. The molecule has 0 aliphatic rings. The van der Waals surface area contributed by atoms with E-state index in [0.717, 1.165) is 50.3 Å². The monoisotopic (exact) mass is 632 g/mol. The van der Waals surface area contributed by atoms with Gasteiger partial charge in [-0.05, 0) is 65.7 Å². The van der Waals surface area contributed by atoms with Gasteiger partial charge in [-0.25, -0.2) is 0 Å². The number of rotatable bonds is 5. The van der Waals surface area contributed by atoms with Gasteiger partial charge >= 0.3 is 0 Å². The van der Waals surface area contributed by atoms with Gasteiger partial charge in [-0.15, -0.1) is 11.3 Å². The maximum atomic E-state index is 6.59. The number of hydrogen-bond donors (Lipinski definition) is 0. The first kappa shape index (κ1) is 27.1. The summed E-state index contributed by atoms with van der Waals surface area (Å²) in [6, 6.07) is 60.6. The van der Waals surface area contributed by atoms with Gasteiger partial charge in [0.1, 0.15) is 5.58 Å².